The maximum Gasteiger partial charge on any atom is 0.301 e. The standard InChI is InChI=1S/C9H6BrNO4S/c10-6-4-2-1-3-5(6)8-7(12)9(13)11-16(8,14)15/h1-4,12H,(H,11,13). The van der Waals surface area contributed by atoms with Crippen molar-refractivity contribution in [1.29, 1.82) is 0 Å². The molecule has 1 aromatic rings. The molecule has 7 heteroatoms. The first kappa shape index (κ1) is 11.2. The number of carbonyl (C=O) groups excluding carboxylic acids is 1. The zero-order valence-corrected chi connectivity index (χ0v) is 10.2. The number of amides is 1. The van der Waals surface area contributed by atoms with Gasteiger partial charge >= 0.3 is 5.91 Å². The third kappa shape index (κ3) is 1.61. The number of hydrogen-bond donors (Lipinski definition) is 2. The highest BCUT2D eigenvalue weighted by Crippen LogP contribution is 2.32. The van der Waals surface area contributed by atoms with Crippen molar-refractivity contribution in [2.24, 2.45) is 0 Å². The van der Waals surface area contributed by atoms with Crippen LogP contribution in [0.15, 0.2) is 34.5 Å². The summed E-state index contributed by atoms with van der Waals surface area (Å²) in [7, 11) is -3.96. The maximum atomic E-state index is 11.6. The minimum absolute atomic E-state index is 0.248. The topological polar surface area (TPSA) is 83.5 Å². The van der Waals surface area contributed by atoms with Crippen molar-refractivity contribution in [3.05, 3.63) is 40.1 Å². The van der Waals surface area contributed by atoms with Crippen LogP contribution in [-0.4, -0.2) is 19.4 Å². The monoisotopic (exact) mass is 303 g/mol. The lowest BCUT2D eigenvalue weighted by molar-refractivity contribution is -0.117. The molecule has 0 radical (unpaired) electrons. The van der Waals surface area contributed by atoms with E-state index in [0.29, 0.717) is 4.47 Å². The normalized spacial score (nSPS) is 18.7. The van der Waals surface area contributed by atoms with E-state index in [-0.39, 0.29) is 5.56 Å². The van der Waals surface area contributed by atoms with Gasteiger partial charge in [0.15, 0.2) is 0 Å². The highest BCUT2D eigenvalue weighted by atomic mass is 79.9. The van der Waals surface area contributed by atoms with Crippen LogP contribution in [0.2, 0.25) is 0 Å². The van der Waals surface area contributed by atoms with E-state index < -0.39 is 26.6 Å². The average molecular weight is 304 g/mol. The van der Waals surface area contributed by atoms with Crippen molar-refractivity contribution < 1.29 is 18.3 Å². The second-order valence-electron chi connectivity index (χ2n) is 3.09. The van der Waals surface area contributed by atoms with E-state index in [1.165, 1.54) is 6.07 Å². The third-order valence-corrected chi connectivity index (χ3v) is 4.14. The lowest BCUT2D eigenvalue weighted by atomic mass is 10.2. The van der Waals surface area contributed by atoms with Crippen LogP contribution in [0.25, 0.3) is 4.91 Å². The Kier molecular flexibility index (Phi) is 2.51. The maximum absolute atomic E-state index is 11.6. The summed E-state index contributed by atoms with van der Waals surface area (Å²) in [5, 5.41) is 9.44. The molecule has 0 fully saturated rings. The zero-order chi connectivity index (χ0) is 11.9. The Bertz CT molecular complexity index is 606. The van der Waals surface area contributed by atoms with E-state index in [2.05, 4.69) is 15.9 Å². The van der Waals surface area contributed by atoms with Crippen molar-refractivity contribution in [1.82, 2.24) is 4.72 Å². The molecule has 0 unspecified atom stereocenters. The number of halogens is 1. The fraction of sp³-hybridized carbons (Fsp3) is 0. The van der Waals surface area contributed by atoms with Crippen molar-refractivity contribution in [2.75, 3.05) is 0 Å². The Morgan fingerprint density at radius 1 is 1.25 bits per heavy atom. The van der Waals surface area contributed by atoms with Gasteiger partial charge in [-0.2, -0.15) is 0 Å². The van der Waals surface area contributed by atoms with Crippen LogP contribution in [-0.2, 0) is 14.8 Å². The predicted molar refractivity (Wildman–Crippen MR) is 60.8 cm³/mol. The van der Waals surface area contributed by atoms with Gasteiger partial charge in [-0.3, -0.25) is 4.79 Å². The summed E-state index contributed by atoms with van der Waals surface area (Å²) < 4.78 is 25.3. The van der Waals surface area contributed by atoms with Gasteiger partial charge in [0.25, 0.3) is 10.0 Å². The molecule has 1 amide bonds. The first-order valence-electron chi connectivity index (χ1n) is 4.19. The number of hydrogen-bond acceptors (Lipinski definition) is 4. The van der Waals surface area contributed by atoms with Crippen LogP contribution in [0.1, 0.15) is 5.56 Å². The molecule has 16 heavy (non-hydrogen) atoms. The first-order chi connectivity index (χ1) is 7.43. The SMILES string of the molecule is O=C1NS(=O)(=O)C(c2ccccc2Br)=C1O. The van der Waals surface area contributed by atoms with Crippen LogP contribution in [0.5, 0.6) is 0 Å². The summed E-state index contributed by atoms with van der Waals surface area (Å²) >= 11 is 3.16. The molecule has 1 aromatic carbocycles. The van der Waals surface area contributed by atoms with Crippen LogP contribution in [0.3, 0.4) is 0 Å². The summed E-state index contributed by atoms with van der Waals surface area (Å²) in [4.78, 5) is 10.7. The highest BCUT2D eigenvalue weighted by molar-refractivity contribution is 9.10. The molecule has 0 saturated carbocycles. The summed E-state index contributed by atoms with van der Waals surface area (Å²) in [6.07, 6.45) is 0. The molecule has 0 aromatic heterocycles. The van der Waals surface area contributed by atoms with E-state index in [9.17, 15) is 18.3 Å². The van der Waals surface area contributed by atoms with Gasteiger partial charge in [-0.1, -0.05) is 34.1 Å². The minimum atomic E-state index is -3.96. The fourth-order valence-electron chi connectivity index (χ4n) is 1.37. The number of benzene rings is 1. The molecule has 1 aliphatic rings. The molecule has 2 rings (SSSR count). The molecular weight excluding hydrogens is 298 g/mol. The fourth-order valence-corrected chi connectivity index (χ4v) is 3.24. The highest BCUT2D eigenvalue weighted by Gasteiger charge is 2.37. The summed E-state index contributed by atoms with van der Waals surface area (Å²) in [6, 6.07) is 6.42. The molecule has 1 heterocycles. The van der Waals surface area contributed by atoms with Crippen LogP contribution in [0, 0.1) is 0 Å². The number of carbonyl (C=O) groups is 1. The van der Waals surface area contributed by atoms with E-state index in [1.807, 2.05) is 0 Å². The molecule has 0 bridgehead atoms. The van der Waals surface area contributed by atoms with E-state index >= 15 is 0 Å². The Balaban J connectivity index is 2.74. The quantitative estimate of drug-likeness (QED) is 0.815. The lowest BCUT2D eigenvalue weighted by Crippen LogP contribution is -2.23. The van der Waals surface area contributed by atoms with Gasteiger partial charge in [0.2, 0.25) is 5.76 Å². The summed E-state index contributed by atoms with van der Waals surface area (Å²) in [5.74, 6) is -1.79. The first-order valence-corrected chi connectivity index (χ1v) is 6.46. The minimum Gasteiger partial charge on any atom is -0.502 e. The molecule has 0 aliphatic carbocycles. The van der Waals surface area contributed by atoms with Gasteiger partial charge in [0.1, 0.15) is 4.91 Å². The molecule has 84 valence electrons. The largest absolute Gasteiger partial charge is 0.502 e. The van der Waals surface area contributed by atoms with Crippen LogP contribution in [0.4, 0.5) is 0 Å². The Morgan fingerprint density at radius 3 is 2.38 bits per heavy atom. The van der Waals surface area contributed by atoms with Gasteiger partial charge in [-0.05, 0) is 6.07 Å². The van der Waals surface area contributed by atoms with Gasteiger partial charge in [0.05, 0.1) is 0 Å². The average Bonchev–Trinajstić information content (AvgIpc) is 2.38. The Morgan fingerprint density at radius 2 is 1.88 bits per heavy atom. The van der Waals surface area contributed by atoms with Gasteiger partial charge < -0.3 is 5.11 Å². The van der Waals surface area contributed by atoms with Crippen molar-refractivity contribution in [3.63, 3.8) is 0 Å². The van der Waals surface area contributed by atoms with Crippen LogP contribution >= 0.6 is 15.9 Å². The summed E-state index contributed by atoms with van der Waals surface area (Å²) in [6.45, 7) is 0. The number of nitrogens with one attached hydrogen (secondary N) is 1. The lowest BCUT2D eigenvalue weighted by Gasteiger charge is -2.04. The second kappa shape index (κ2) is 3.60. The van der Waals surface area contributed by atoms with Crippen molar-refractivity contribution in [3.8, 4) is 0 Å². The number of sulfonamides is 1. The molecular formula is C9H6BrNO4S. The molecule has 2 N–H and O–H groups in total. The molecule has 1 aliphatic heterocycles. The smallest absolute Gasteiger partial charge is 0.301 e. The summed E-state index contributed by atoms with van der Waals surface area (Å²) in [5.41, 5.74) is 0.248. The van der Waals surface area contributed by atoms with E-state index in [0.717, 1.165) is 0 Å². The zero-order valence-electron chi connectivity index (χ0n) is 7.77. The Hall–Kier alpha value is -1.34. The van der Waals surface area contributed by atoms with E-state index in [4.69, 9.17) is 0 Å². The Labute approximate surface area is 100.0 Å². The van der Waals surface area contributed by atoms with Crippen molar-refractivity contribution >= 4 is 36.8 Å². The van der Waals surface area contributed by atoms with Gasteiger partial charge in [0, 0.05) is 10.0 Å². The number of aliphatic hydroxyl groups excluding tert-OH is 1. The van der Waals surface area contributed by atoms with Gasteiger partial charge in [-0.15, -0.1) is 0 Å². The number of rotatable bonds is 1. The van der Waals surface area contributed by atoms with E-state index in [1.54, 1.807) is 22.9 Å². The van der Waals surface area contributed by atoms with Gasteiger partial charge in [-0.25, -0.2) is 13.1 Å². The van der Waals surface area contributed by atoms with Crippen LogP contribution < -0.4 is 4.72 Å². The molecule has 5 nitrogen and oxygen atoms in total. The second-order valence-corrected chi connectivity index (χ2v) is 5.57. The molecule has 0 spiro atoms. The third-order valence-electron chi connectivity index (χ3n) is 2.04. The molecule has 0 atom stereocenters. The predicted octanol–water partition coefficient (Wildman–Crippen LogP) is 1.14. The number of aliphatic hydroxyl groups is 1. The molecule has 0 saturated heterocycles. The van der Waals surface area contributed by atoms with Crippen molar-refractivity contribution in [2.45, 2.75) is 0 Å².